The molecule has 2 aromatic rings. The Kier molecular flexibility index (Phi) is 3.39. The van der Waals surface area contributed by atoms with Gasteiger partial charge in [-0.15, -0.1) is 0 Å². The van der Waals surface area contributed by atoms with Crippen molar-refractivity contribution in [2.24, 2.45) is 0 Å². The molecule has 0 bridgehead atoms. The molecule has 0 amide bonds. The molecule has 1 heterocycles. The van der Waals surface area contributed by atoms with Gasteiger partial charge in [-0.3, -0.25) is 0 Å². The number of halogens is 6. The zero-order valence-electron chi connectivity index (χ0n) is 9.63. The molecule has 0 atom stereocenters. The standard InChI is InChI=1S/C11H3F6NO3/c12-4-2-1-3(5(13)6(4)14)9-18-8(11(15,16)17)7(21-9)10(19)20/h1-2H,(H,19,20). The Balaban J connectivity index is 2.67. The van der Waals surface area contributed by atoms with Crippen molar-refractivity contribution in [3.63, 3.8) is 0 Å². The highest BCUT2D eigenvalue weighted by Gasteiger charge is 2.41. The Morgan fingerprint density at radius 2 is 1.76 bits per heavy atom. The van der Waals surface area contributed by atoms with E-state index in [-0.39, 0.29) is 0 Å². The van der Waals surface area contributed by atoms with Crippen molar-refractivity contribution in [3.8, 4) is 11.5 Å². The lowest BCUT2D eigenvalue weighted by atomic mass is 10.2. The van der Waals surface area contributed by atoms with E-state index in [1.807, 2.05) is 0 Å². The maximum Gasteiger partial charge on any atom is 0.437 e. The van der Waals surface area contributed by atoms with Crippen LogP contribution >= 0.6 is 0 Å². The van der Waals surface area contributed by atoms with Gasteiger partial charge in [-0.25, -0.2) is 22.9 Å². The number of rotatable bonds is 2. The molecule has 0 spiro atoms. The predicted octanol–water partition coefficient (Wildman–Crippen LogP) is 3.48. The number of aromatic nitrogens is 1. The monoisotopic (exact) mass is 311 g/mol. The average Bonchev–Trinajstić information content (AvgIpc) is 2.81. The number of hydrogen-bond donors (Lipinski definition) is 1. The molecule has 0 unspecified atom stereocenters. The third-order valence-corrected chi connectivity index (χ3v) is 2.36. The molecule has 1 aromatic heterocycles. The summed E-state index contributed by atoms with van der Waals surface area (Å²) in [6.45, 7) is 0. The summed E-state index contributed by atoms with van der Waals surface area (Å²) in [4.78, 5) is 13.5. The minimum atomic E-state index is -5.18. The van der Waals surface area contributed by atoms with Gasteiger partial charge in [-0.05, 0) is 12.1 Å². The fraction of sp³-hybridized carbons (Fsp3) is 0.0909. The summed E-state index contributed by atoms with van der Waals surface area (Å²) in [6, 6.07) is 1.01. The molecule has 4 nitrogen and oxygen atoms in total. The van der Waals surface area contributed by atoms with Gasteiger partial charge in [0.15, 0.2) is 23.1 Å². The molecule has 0 aliphatic heterocycles. The van der Waals surface area contributed by atoms with Crippen LogP contribution in [0.4, 0.5) is 26.3 Å². The normalized spacial score (nSPS) is 11.7. The molecule has 1 aromatic carbocycles. The number of carboxylic acid groups (broad SMARTS) is 1. The van der Waals surface area contributed by atoms with Gasteiger partial charge in [-0.1, -0.05) is 0 Å². The van der Waals surface area contributed by atoms with Crippen LogP contribution in [0.5, 0.6) is 0 Å². The lowest BCUT2D eigenvalue weighted by molar-refractivity contribution is -0.141. The van der Waals surface area contributed by atoms with Crippen LogP contribution in [0.15, 0.2) is 16.5 Å². The SMILES string of the molecule is O=C(O)c1oc(-c2ccc(F)c(F)c2F)nc1C(F)(F)F. The summed E-state index contributed by atoms with van der Waals surface area (Å²) in [5.74, 6) is -10.2. The van der Waals surface area contributed by atoms with E-state index < -0.39 is 52.5 Å². The number of nitrogens with zero attached hydrogens (tertiary/aromatic N) is 1. The highest BCUT2D eigenvalue weighted by Crippen LogP contribution is 2.35. The van der Waals surface area contributed by atoms with Crippen molar-refractivity contribution in [2.45, 2.75) is 6.18 Å². The van der Waals surface area contributed by atoms with Crippen molar-refractivity contribution in [1.29, 1.82) is 0 Å². The third kappa shape index (κ3) is 2.56. The summed E-state index contributed by atoms with van der Waals surface area (Å²) in [5, 5.41) is 8.60. The van der Waals surface area contributed by atoms with Crippen LogP contribution in [-0.4, -0.2) is 16.1 Å². The van der Waals surface area contributed by atoms with Crippen molar-refractivity contribution >= 4 is 5.97 Å². The Hall–Kier alpha value is -2.52. The average molecular weight is 311 g/mol. The molecule has 2 rings (SSSR count). The van der Waals surface area contributed by atoms with Gasteiger partial charge in [-0.2, -0.15) is 13.2 Å². The summed E-state index contributed by atoms with van der Waals surface area (Å²) in [7, 11) is 0. The van der Waals surface area contributed by atoms with E-state index in [9.17, 15) is 31.1 Å². The highest BCUT2D eigenvalue weighted by molar-refractivity contribution is 5.86. The molecule has 10 heteroatoms. The molecule has 1 N–H and O–H groups in total. The van der Waals surface area contributed by atoms with Gasteiger partial charge in [0.25, 0.3) is 0 Å². The highest BCUT2D eigenvalue weighted by atomic mass is 19.4. The summed E-state index contributed by atoms with van der Waals surface area (Å²) < 4.78 is 81.2. The van der Waals surface area contributed by atoms with E-state index in [0.717, 1.165) is 0 Å². The maximum absolute atomic E-state index is 13.4. The minimum Gasteiger partial charge on any atom is -0.475 e. The number of hydrogen-bond acceptors (Lipinski definition) is 3. The lowest BCUT2D eigenvalue weighted by Gasteiger charge is -2.01. The smallest absolute Gasteiger partial charge is 0.437 e. The van der Waals surface area contributed by atoms with Crippen LogP contribution in [0.1, 0.15) is 16.2 Å². The van der Waals surface area contributed by atoms with Gasteiger partial charge in [0.2, 0.25) is 11.7 Å². The number of alkyl halides is 3. The van der Waals surface area contributed by atoms with Crippen molar-refractivity contribution in [1.82, 2.24) is 4.98 Å². The second-order valence-electron chi connectivity index (χ2n) is 3.72. The lowest BCUT2D eigenvalue weighted by Crippen LogP contribution is -2.11. The van der Waals surface area contributed by atoms with Crippen LogP contribution in [-0.2, 0) is 6.18 Å². The molecule has 0 fully saturated rings. The second-order valence-corrected chi connectivity index (χ2v) is 3.72. The molecule has 0 aliphatic carbocycles. The van der Waals surface area contributed by atoms with Crippen molar-refractivity contribution in [3.05, 3.63) is 41.0 Å². The van der Waals surface area contributed by atoms with E-state index in [1.165, 1.54) is 0 Å². The van der Waals surface area contributed by atoms with Gasteiger partial charge in [0, 0.05) is 0 Å². The first-order valence-corrected chi connectivity index (χ1v) is 5.08. The second kappa shape index (κ2) is 4.79. The Morgan fingerprint density at radius 1 is 1.14 bits per heavy atom. The first-order valence-electron chi connectivity index (χ1n) is 5.08. The quantitative estimate of drug-likeness (QED) is 0.681. The number of carboxylic acids is 1. The summed E-state index contributed by atoms with van der Waals surface area (Å²) >= 11 is 0. The largest absolute Gasteiger partial charge is 0.475 e. The van der Waals surface area contributed by atoms with E-state index >= 15 is 0 Å². The van der Waals surface area contributed by atoms with Gasteiger partial charge in [0.1, 0.15) is 0 Å². The first-order chi connectivity index (χ1) is 9.62. The molecule has 0 saturated carbocycles. The predicted molar refractivity (Wildman–Crippen MR) is 53.8 cm³/mol. The zero-order chi connectivity index (χ0) is 15.9. The first kappa shape index (κ1) is 14.9. The molecular formula is C11H3F6NO3. The summed E-state index contributed by atoms with van der Waals surface area (Å²) in [5.41, 5.74) is -2.85. The number of carbonyl (C=O) groups is 1. The molecule has 0 saturated heterocycles. The molecule has 0 aliphatic rings. The Labute approximate surface area is 111 Å². The van der Waals surface area contributed by atoms with Crippen LogP contribution in [0.3, 0.4) is 0 Å². The molecule has 112 valence electrons. The Morgan fingerprint density at radius 3 is 2.24 bits per heavy atom. The van der Waals surface area contributed by atoms with E-state index in [1.54, 1.807) is 0 Å². The molecular weight excluding hydrogens is 308 g/mol. The summed E-state index contributed by atoms with van der Waals surface area (Å²) in [6.07, 6.45) is -5.18. The number of oxazole rings is 1. The van der Waals surface area contributed by atoms with Crippen LogP contribution in [0, 0.1) is 17.5 Å². The van der Waals surface area contributed by atoms with Gasteiger partial charge in [0.05, 0.1) is 5.56 Å². The fourth-order valence-electron chi connectivity index (χ4n) is 1.46. The van der Waals surface area contributed by atoms with Crippen molar-refractivity contribution < 1.29 is 40.7 Å². The maximum atomic E-state index is 13.4. The van der Waals surface area contributed by atoms with Crippen LogP contribution in [0.25, 0.3) is 11.5 Å². The zero-order valence-corrected chi connectivity index (χ0v) is 9.63. The van der Waals surface area contributed by atoms with E-state index in [2.05, 4.69) is 9.40 Å². The van der Waals surface area contributed by atoms with Crippen molar-refractivity contribution in [2.75, 3.05) is 0 Å². The van der Waals surface area contributed by atoms with E-state index in [0.29, 0.717) is 12.1 Å². The minimum absolute atomic E-state index is 0.436. The van der Waals surface area contributed by atoms with Crippen LogP contribution < -0.4 is 0 Å². The number of aromatic carboxylic acids is 1. The Bertz CT molecular complexity index is 721. The topological polar surface area (TPSA) is 63.3 Å². The fourth-order valence-corrected chi connectivity index (χ4v) is 1.46. The third-order valence-electron chi connectivity index (χ3n) is 2.36. The molecule has 0 radical (unpaired) electrons. The van der Waals surface area contributed by atoms with Gasteiger partial charge >= 0.3 is 12.1 Å². The van der Waals surface area contributed by atoms with Gasteiger partial charge < -0.3 is 9.52 Å². The van der Waals surface area contributed by atoms with E-state index in [4.69, 9.17) is 5.11 Å². The molecule has 21 heavy (non-hydrogen) atoms. The number of benzene rings is 1. The van der Waals surface area contributed by atoms with Crippen LogP contribution in [0.2, 0.25) is 0 Å².